The van der Waals surface area contributed by atoms with Gasteiger partial charge in [0, 0.05) is 24.4 Å². The quantitative estimate of drug-likeness (QED) is 0.628. The summed E-state index contributed by atoms with van der Waals surface area (Å²) in [5.74, 6) is 7.45. The highest BCUT2D eigenvalue weighted by molar-refractivity contribution is 5.73. The molecule has 0 spiro atoms. The van der Waals surface area contributed by atoms with E-state index in [1.54, 1.807) is 12.4 Å². The molecule has 6 nitrogen and oxygen atoms in total. The second-order valence-electron chi connectivity index (χ2n) is 4.11. The van der Waals surface area contributed by atoms with Gasteiger partial charge >= 0.3 is 0 Å². The van der Waals surface area contributed by atoms with Gasteiger partial charge in [-0.3, -0.25) is 4.98 Å². The van der Waals surface area contributed by atoms with Gasteiger partial charge in [0.1, 0.15) is 5.69 Å². The number of ether oxygens (including phenoxy) is 2. The molecule has 1 aromatic heterocycles. The zero-order valence-electron chi connectivity index (χ0n) is 10.3. The number of rotatable bonds is 2. The topological polar surface area (TPSA) is 82.3 Å². The van der Waals surface area contributed by atoms with Crippen molar-refractivity contribution < 1.29 is 9.47 Å². The Hall–Kier alpha value is -2.34. The Morgan fingerprint density at radius 3 is 2.68 bits per heavy atom. The number of fused-ring (bicyclic) bond motifs is 1. The Kier molecular flexibility index (Phi) is 3.16. The maximum Gasteiger partial charge on any atom is 0.166 e. The molecular formula is C13H14N4O2. The maximum absolute atomic E-state index is 5.66. The minimum absolute atomic E-state index is 0.525. The van der Waals surface area contributed by atoms with Gasteiger partial charge in [0.15, 0.2) is 17.3 Å². The first-order valence-electron chi connectivity index (χ1n) is 6.06. The van der Waals surface area contributed by atoms with Gasteiger partial charge in [-0.1, -0.05) is 0 Å². The van der Waals surface area contributed by atoms with Gasteiger partial charge in [0.2, 0.25) is 0 Å². The monoisotopic (exact) mass is 258 g/mol. The van der Waals surface area contributed by atoms with Crippen molar-refractivity contribution in [1.29, 1.82) is 0 Å². The van der Waals surface area contributed by atoms with Gasteiger partial charge in [-0.25, -0.2) is 10.8 Å². The minimum Gasteiger partial charge on any atom is -0.490 e. The molecule has 2 heterocycles. The van der Waals surface area contributed by atoms with Crippen molar-refractivity contribution in [3.05, 3.63) is 30.6 Å². The first kappa shape index (κ1) is 11.7. The molecule has 0 fully saturated rings. The second kappa shape index (κ2) is 5.11. The number of hydrogen-bond donors (Lipinski definition) is 2. The summed E-state index contributed by atoms with van der Waals surface area (Å²) in [5, 5.41) is 0. The Balaban J connectivity index is 2.04. The van der Waals surface area contributed by atoms with Gasteiger partial charge < -0.3 is 14.9 Å². The van der Waals surface area contributed by atoms with Crippen LogP contribution in [-0.2, 0) is 0 Å². The Labute approximate surface area is 110 Å². The van der Waals surface area contributed by atoms with Crippen LogP contribution in [0, 0.1) is 0 Å². The summed E-state index contributed by atoms with van der Waals surface area (Å²) in [6.45, 7) is 1.33. The summed E-state index contributed by atoms with van der Waals surface area (Å²) in [5.41, 5.74) is 4.10. The van der Waals surface area contributed by atoms with E-state index < -0.39 is 0 Å². The van der Waals surface area contributed by atoms with Crippen molar-refractivity contribution in [3.63, 3.8) is 0 Å². The highest BCUT2D eigenvalue weighted by atomic mass is 16.5. The molecule has 0 unspecified atom stereocenters. The van der Waals surface area contributed by atoms with Crippen molar-refractivity contribution in [1.82, 2.24) is 9.97 Å². The largest absolute Gasteiger partial charge is 0.490 e. The summed E-state index contributed by atoms with van der Waals surface area (Å²) >= 11 is 0. The van der Waals surface area contributed by atoms with Crippen molar-refractivity contribution in [2.24, 2.45) is 5.84 Å². The first-order chi connectivity index (χ1) is 9.38. The normalized spacial score (nSPS) is 13.7. The molecular weight excluding hydrogens is 244 g/mol. The van der Waals surface area contributed by atoms with Crippen LogP contribution in [0.25, 0.3) is 11.3 Å². The lowest BCUT2D eigenvalue weighted by Crippen LogP contribution is -2.10. The predicted molar refractivity (Wildman–Crippen MR) is 70.9 cm³/mol. The molecule has 0 bridgehead atoms. The third-order valence-corrected chi connectivity index (χ3v) is 2.86. The van der Waals surface area contributed by atoms with E-state index in [1.807, 2.05) is 18.2 Å². The van der Waals surface area contributed by atoms with E-state index in [1.165, 1.54) is 0 Å². The molecule has 0 saturated carbocycles. The van der Waals surface area contributed by atoms with E-state index in [4.69, 9.17) is 15.3 Å². The van der Waals surface area contributed by atoms with Gasteiger partial charge in [-0.15, -0.1) is 0 Å². The molecule has 2 aromatic rings. The SMILES string of the molecule is NNc1nccnc1-c1ccc2c(c1)OCCCO2. The number of hydrogen-bond acceptors (Lipinski definition) is 6. The number of nitrogens with zero attached hydrogens (tertiary/aromatic N) is 2. The van der Waals surface area contributed by atoms with Crippen molar-refractivity contribution >= 4 is 5.82 Å². The molecule has 0 atom stereocenters. The molecule has 0 aliphatic carbocycles. The molecule has 3 N–H and O–H groups in total. The smallest absolute Gasteiger partial charge is 0.166 e. The Bertz CT molecular complexity index is 589. The van der Waals surface area contributed by atoms with Crippen LogP contribution >= 0.6 is 0 Å². The summed E-state index contributed by atoms with van der Waals surface area (Å²) in [4.78, 5) is 8.42. The van der Waals surface area contributed by atoms with Crippen LogP contribution in [0.5, 0.6) is 11.5 Å². The van der Waals surface area contributed by atoms with Crippen LogP contribution in [-0.4, -0.2) is 23.2 Å². The molecule has 1 aromatic carbocycles. The molecule has 0 saturated heterocycles. The second-order valence-corrected chi connectivity index (χ2v) is 4.11. The third kappa shape index (κ3) is 2.30. The van der Waals surface area contributed by atoms with E-state index in [2.05, 4.69) is 15.4 Å². The first-order valence-corrected chi connectivity index (χ1v) is 6.06. The van der Waals surface area contributed by atoms with Crippen LogP contribution in [0.3, 0.4) is 0 Å². The average Bonchev–Trinajstić information content (AvgIpc) is 2.71. The number of nitrogen functional groups attached to an aromatic ring is 1. The van der Waals surface area contributed by atoms with Crippen LogP contribution in [0.2, 0.25) is 0 Å². The lowest BCUT2D eigenvalue weighted by molar-refractivity contribution is 0.297. The Morgan fingerprint density at radius 1 is 1.05 bits per heavy atom. The lowest BCUT2D eigenvalue weighted by atomic mass is 10.1. The lowest BCUT2D eigenvalue weighted by Gasteiger charge is -2.10. The number of nitrogens with one attached hydrogen (secondary N) is 1. The molecule has 3 rings (SSSR count). The fourth-order valence-corrected chi connectivity index (χ4v) is 1.97. The molecule has 1 aliphatic heterocycles. The van der Waals surface area contributed by atoms with E-state index >= 15 is 0 Å². The summed E-state index contributed by atoms with van der Waals surface area (Å²) in [6, 6.07) is 5.69. The van der Waals surface area contributed by atoms with E-state index in [0.717, 1.165) is 23.5 Å². The number of nitrogens with two attached hydrogens (primary N) is 1. The summed E-state index contributed by atoms with van der Waals surface area (Å²) in [7, 11) is 0. The fourth-order valence-electron chi connectivity index (χ4n) is 1.97. The van der Waals surface area contributed by atoms with Gasteiger partial charge in [0.05, 0.1) is 13.2 Å². The number of anilines is 1. The summed E-state index contributed by atoms with van der Waals surface area (Å²) < 4.78 is 11.3. The van der Waals surface area contributed by atoms with E-state index in [9.17, 15) is 0 Å². The number of benzene rings is 1. The highest BCUT2D eigenvalue weighted by Gasteiger charge is 2.13. The molecule has 19 heavy (non-hydrogen) atoms. The van der Waals surface area contributed by atoms with Crippen LogP contribution < -0.4 is 20.7 Å². The number of hydrazine groups is 1. The van der Waals surface area contributed by atoms with E-state index in [-0.39, 0.29) is 0 Å². The molecule has 6 heteroatoms. The van der Waals surface area contributed by atoms with Crippen molar-refractivity contribution in [3.8, 4) is 22.8 Å². The maximum atomic E-state index is 5.66. The van der Waals surface area contributed by atoms with Crippen molar-refractivity contribution in [2.75, 3.05) is 18.6 Å². The zero-order valence-corrected chi connectivity index (χ0v) is 10.3. The van der Waals surface area contributed by atoms with E-state index in [0.29, 0.717) is 24.7 Å². The Morgan fingerprint density at radius 2 is 1.84 bits per heavy atom. The molecule has 0 radical (unpaired) electrons. The molecule has 1 aliphatic rings. The van der Waals surface area contributed by atoms with Crippen LogP contribution in [0.15, 0.2) is 30.6 Å². The molecule has 98 valence electrons. The average molecular weight is 258 g/mol. The van der Waals surface area contributed by atoms with Gasteiger partial charge in [-0.05, 0) is 18.2 Å². The minimum atomic E-state index is 0.525. The summed E-state index contributed by atoms with van der Waals surface area (Å²) in [6.07, 6.45) is 4.09. The standard InChI is InChI=1S/C13H14N4O2/c14-17-13-12(15-4-5-16-13)9-2-3-10-11(8-9)19-7-1-6-18-10/h2-5,8H,1,6-7,14H2,(H,16,17). The zero-order chi connectivity index (χ0) is 13.1. The third-order valence-electron chi connectivity index (χ3n) is 2.86. The van der Waals surface area contributed by atoms with Gasteiger partial charge in [0.25, 0.3) is 0 Å². The van der Waals surface area contributed by atoms with Gasteiger partial charge in [-0.2, -0.15) is 0 Å². The van der Waals surface area contributed by atoms with Crippen LogP contribution in [0.1, 0.15) is 6.42 Å². The number of aromatic nitrogens is 2. The molecule has 0 amide bonds. The fraction of sp³-hybridized carbons (Fsp3) is 0.231. The van der Waals surface area contributed by atoms with Crippen LogP contribution in [0.4, 0.5) is 5.82 Å². The van der Waals surface area contributed by atoms with Crippen molar-refractivity contribution in [2.45, 2.75) is 6.42 Å². The predicted octanol–water partition coefficient (Wildman–Crippen LogP) is 1.59. The highest BCUT2D eigenvalue weighted by Crippen LogP contribution is 2.34.